The number of carbonyl (C=O) groups is 1. The second-order valence-corrected chi connectivity index (χ2v) is 4.31. The van der Waals surface area contributed by atoms with Crippen molar-refractivity contribution >= 4 is 17.9 Å². The van der Waals surface area contributed by atoms with Gasteiger partial charge in [0.25, 0.3) is 0 Å². The summed E-state index contributed by atoms with van der Waals surface area (Å²) >= 11 is 1.81. The molecule has 1 rings (SSSR count). The smallest absolute Gasteiger partial charge is 0.306 e. The zero-order chi connectivity index (χ0) is 8.97. The molecule has 0 spiro atoms. The highest BCUT2D eigenvalue weighted by atomic mass is 32.2. The largest absolute Gasteiger partial charge is 0.481 e. The van der Waals surface area contributed by atoms with Gasteiger partial charge >= 0.3 is 5.97 Å². The lowest BCUT2D eigenvalue weighted by molar-refractivity contribution is -0.142. The molecule has 3 nitrogen and oxygen atoms in total. The number of carboxylic acid groups (broad SMARTS) is 1. The third-order valence-electron chi connectivity index (χ3n) is 2.11. The molecule has 0 unspecified atom stereocenters. The fourth-order valence-corrected chi connectivity index (χ4v) is 2.25. The lowest BCUT2D eigenvalue weighted by Gasteiger charge is -2.28. The Morgan fingerprint density at radius 3 is 2.58 bits per heavy atom. The van der Waals surface area contributed by atoms with Gasteiger partial charge in [0.15, 0.2) is 0 Å². The zero-order valence-electron chi connectivity index (χ0n) is 7.32. The van der Waals surface area contributed by atoms with E-state index in [-0.39, 0.29) is 5.92 Å². The zero-order valence-corrected chi connectivity index (χ0v) is 8.14. The maximum atomic E-state index is 10.6. The molecule has 1 aliphatic rings. The van der Waals surface area contributed by atoms with Crippen LogP contribution in [0.2, 0.25) is 0 Å². The van der Waals surface area contributed by atoms with Crippen LogP contribution < -0.4 is 0 Å². The summed E-state index contributed by atoms with van der Waals surface area (Å²) in [6.45, 7) is 3.97. The van der Waals surface area contributed by atoms with Gasteiger partial charge in [0.05, 0.1) is 5.92 Å². The molecule has 12 heavy (non-hydrogen) atoms. The van der Waals surface area contributed by atoms with Gasteiger partial charge in [-0.3, -0.25) is 9.10 Å². The molecule has 1 N–H and O–H groups in total. The average molecular weight is 189 g/mol. The Hall–Kier alpha value is -0.220. The second kappa shape index (κ2) is 4.72. The molecule has 1 saturated heterocycles. The lowest BCUT2D eigenvalue weighted by atomic mass is 9.99. The first-order chi connectivity index (χ1) is 5.74. The number of carboxylic acids is 1. The maximum Gasteiger partial charge on any atom is 0.306 e. The van der Waals surface area contributed by atoms with Crippen LogP contribution in [0.5, 0.6) is 0 Å². The number of piperidine rings is 1. The molecule has 0 aromatic heterocycles. The van der Waals surface area contributed by atoms with Crippen molar-refractivity contribution in [3.63, 3.8) is 0 Å². The number of aliphatic carboxylic acids is 1. The minimum absolute atomic E-state index is 0.0984. The van der Waals surface area contributed by atoms with Crippen LogP contribution >= 0.6 is 11.9 Å². The summed E-state index contributed by atoms with van der Waals surface area (Å²) in [6, 6.07) is 0. The van der Waals surface area contributed by atoms with E-state index in [9.17, 15) is 4.79 Å². The van der Waals surface area contributed by atoms with Crippen molar-refractivity contribution in [2.45, 2.75) is 19.8 Å². The third kappa shape index (κ3) is 2.68. The molecule has 0 bridgehead atoms. The summed E-state index contributed by atoms with van der Waals surface area (Å²) in [4.78, 5) is 10.6. The molecule has 1 aliphatic heterocycles. The van der Waals surface area contributed by atoms with E-state index in [2.05, 4.69) is 11.2 Å². The van der Waals surface area contributed by atoms with E-state index in [1.165, 1.54) is 0 Å². The number of nitrogens with zero attached hydrogens (tertiary/aromatic N) is 1. The normalized spacial score (nSPS) is 21.1. The van der Waals surface area contributed by atoms with Gasteiger partial charge in [0, 0.05) is 18.8 Å². The van der Waals surface area contributed by atoms with Gasteiger partial charge in [-0.25, -0.2) is 0 Å². The Morgan fingerprint density at radius 1 is 1.58 bits per heavy atom. The minimum atomic E-state index is -0.629. The molecule has 0 aromatic rings. The van der Waals surface area contributed by atoms with E-state index < -0.39 is 5.97 Å². The summed E-state index contributed by atoms with van der Waals surface area (Å²) < 4.78 is 2.26. The Labute approximate surface area is 77.3 Å². The maximum absolute atomic E-state index is 10.6. The van der Waals surface area contributed by atoms with Crippen molar-refractivity contribution in [1.82, 2.24) is 4.31 Å². The molecule has 0 radical (unpaired) electrons. The van der Waals surface area contributed by atoms with E-state index in [1.807, 2.05) is 0 Å². The highest BCUT2D eigenvalue weighted by molar-refractivity contribution is 7.96. The Balaban J connectivity index is 2.25. The fourth-order valence-electron chi connectivity index (χ4n) is 1.41. The van der Waals surface area contributed by atoms with Crippen LogP contribution in [0.1, 0.15) is 19.8 Å². The Morgan fingerprint density at radius 2 is 2.17 bits per heavy atom. The van der Waals surface area contributed by atoms with E-state index in [4.69, 9.17) is 5.11 Å². The quantitative estimate of drug-likeness (QED) is 0.682. The molecule has 0 atom stereocenters. The van der Waals surface area contributed by atoms with Crippen LogP contribution in [0.4, 0.5) is 0 Å². The molecule has 0 amide bonds. The number of rotatable bonds is 3. The van der Waals surface area contributed by atoms with Crippen molar-refractivity contribution in [3.8, 4) is 0 Å². The van der Waals surface area contributed by atoms with Crippen molar-refractivity contribution in [2.75, 3.05) is 18.8 Å². The molecule has 4 heteroatoms. The Bertz CT molecular complexity index is 155. The summed E-state index contributed by atoms with van der Waals surface area (Å²) in [5.74, 6) is 0.354. The highest BCUT2D eigenvalue weighted by Crippen LogP contribution is 2.22. The van der Waals surface area contributed by atoms with Gasteiger partial charge in [-0.2, -0.15) is 0 Å². The Kier molecular flexibility index (Phi) is 3.88. The lowest BCUT2D eigenvalue weighted by Crippen LogP contribution is -2.32. The number of hydrogen-bond donors (Lipinski definition) is 1. The van der Waals surface area contributed by atoms with Gasteiger partial charge in [0.1, 0.15) is 0 Å². The third-order valence-corrected chi connectivity index (χ3v) is 3.10. The SMILES string of the molecule is CCSN1CCC(C(=O)O)CC1. The van der Waals surface area contributed by atoms with Gasteiger partial charge < -0.3 is 5.11 Å². The summed E-state index contributed by atoms with van der Waals surface area (Å²) in [6.07, 6.45) is 1.62. The van der Waals surface area contributed by atoms with Crippen LogP contribution in [0.25, 0.3) is 0 Å². The predicted molar refractivity (Wildman–Crippen MR) is 50.1 cm³/mol. The van der Waals surface area contributed by atoms with Gasteiger partial charge in [0.2, 0.25) is 0 Å². The first-order valence-corrected chi connectivity index (χ1v) is 5.29. The fraction of sp³-hybridized carbons (Fsp3) is 0.875. The standard InChI is InChI=1S/C8H15NO2S/c1-2-12-9-5-3-7(4-6-9)8(10)11/h7H,2-6H2,1H3,(H,10,11). The van der Waals surface area contributed by atoms with Crippen molar-refractivity contribution < 1.29 is 9.90 Å². The van der Waals surface area contributed by atoms with Crippen LogP contribution in [-0.2, 0) is 4.79 Å². The monoisotopic (exact) mass is 189 g/mol. The van der Waals surface area contributed by atoms with Crippen molar-refractivity contribution in [2.24, 2.45) is 5.92 Å². The van der Waals surface area contributed by atoms with Crippen molar-refractivity contribution in [1.29, 1.82) is 0 Å². The van der Waals surface area contributed by atoms with Crippen LogP contribution in [-0.4, -0.2) is 34.2 Å². The topological polar surface area (TPSA) is 40.5 Å². The number of hydrogen-bond acceptors (Lipinski definition) is 3. The molecule has 0 aromatic carbocycles. The van der Waals surface area contributed by atoms with Crippen LogP contribution in [0, 0.1) is 5.92 Å². The molecule has 0 aliphatic carbocycles. The molecule has 1 heterocycles. The second-order valence-electron chi connectivity index (χ2n) is 2.96. The summed E-state index contributed by atoms with van der Waals surface area (Å²) in [7, 11) is 0. The van der Waals surface area contributed by atoms with E-state index >= 15 is 0 Å². The molecular weight excluding hydrogens is 174 g/mol. The highest BCUT2D eigenvalue weighted by Gasteiger charge is 2.23. The molecule has 0 saturated carbocycles. The van der Waals surface area contributed by atoms with Gasteiger partial charge in [-0.1, -0.05) is 18.9 Å². The molecular formula is C8H15NO2S. The van der Waals surface area contributed by atoms with Gasteiger partial charge in [-0.15, -0.1) is 0 Å². The minimum Gasteiger partial charge on any atom is -0.481 e. The first kappa shape index (κ1) is 9.86. The van der Waals surface area contributed by atoms with E-state index in [1.54, 1.807) is 11.9 Å². The van der Waals surface area contributed by atoms with Crippen LogP contribution in [0.3, 0.4) is 0 Å². The first-order valence-electron chi connectivity index (χ1n) is 4.34. The molecule has 70 valence electrons. The van der Waals surface area contributed by atoms with E-state index in [0.29, 0.717) is 0 Å². The summed E-state index contributed by atoms with van der Waals surface area (Å²) in [5.41, 5.74) is 0. The van der Waals surface area contributed by atoms with Crippen molar-refractivity contribution in [3.05, 3.63) is 0 Å². The van der Waals surface area contributed by atoms with E-state index in [0.717, 1.165) is 31.7 Å². The summed E-state index contributed by atoms with van der Waals surface area (Å²) in [5, 5.41) is 8.73. The van der Waals surface area contributed by atoms with Gasteiger partial charge in [-0.05, 0) is 12.8 Å². The predicted octanol–water partition coefficient (Wildman–Crippen LogP) is 1.45. The molecule has 1 fully saturated rings. The van der Waals surface area contributed by atoms with Crippen LogP contribution in [0.15, 0.2) is 0 Å². The average Bonchev–Trinajstić information content (AvgIpc) is 2.06.